The quantitative estimate of drug-likeness (QED) is 0.503. The van der Waals surface area contributed by atoms with Gasteiger partial charge < -0.3 is 10.2 Å². The fraction of sp³-hybridized carbons (Fsp3) is 0.261. The lowest BCUT2D eigenvalue weighted by atomic mass is 9.99. The maximum Gasteiger partial charge on any atom is 0.433 e. The summed E-state index contributed by atoms with van der Waals surface area (Å²) in [6.07, 6.45) is -2.34. The molecule has 2 aromatic heterocycles. The number of fused-ring (bicyclic) bond motifs is 1. The number of hydrogen-bond donors (Lipinski definition) is 1. The Morgan fingerprint density at radius 1 is 1.06 bits per heavy atom. The van der Waals surface area contributed by atoms with Crippen LogP contribution in [0.4, 0.5) is 27.8 Å². The van der Waals surface area contributed by atoms with E-state index < -0.39 is 29.5 Å². The van der Waals surface area contributed by atoms with Gasteiger partial charge in [-0.1, -0.05) is 0 Å². The van der Waals surface area contributed by atoms with Crippen molar-refractivity contribution in [1.29, 1.82) is 0 Å². The number of benzene rings is 1. The highest BCUT2D eigenvalue weighted by Crippen LogP contribution is 2.34. The van der Waals surface area contributed by atoms with Gasteiger partial charge in [-0.15, -0.1) is 0 Å². The minimum Gasteiger partial charge on any atom is -0.363 e. The van der Waals surface area contributed by atoms with Crippen LogP contribution in [-0.4, -0.2) is 27.3 Å². The van der Waals surface area contributed by atoms with Crippen LogP contribution in [0.2, 0.25) is 0 Å². The molecule has 1 atom stereocenters. The molecule has 5 nitrogen and oxygen atoms in total. The first-order valence-electron chi connectivity index (χ1n) is 10.2. The summed E-state index contributed by atoms with van der Waals surface area (Å²) in [4.78, 5) is 21.5. The Kier molecular flexibility index (Phi) is 5.77. The summed E-state index contributed by atoms with van der Waals surface area (Å²) in [5, 5.41) is 3.02. The Hall–Kier alpha value is -3.56. The second-order valence-electron chi connectivity index (χ2n) is 7.65. The highest BCUT2D eigenvalue weighted by molar-refractivity contribution is 5.99. The number of halogens is 5. The van der Waals surface area contributed by atoms with E-state index in [1.807, 2.05) is 6.92 Å². The van der Waals surface area contributed by atoms with E-state index in [-0.39, 0.29) is 22.6 Å². The number of pyridine rings is 2. The monoisotopic (exact) mass is 462 g/mol. The number of carbonyl (C=O) groups is 1. The first-order valence-corrected chi connectivity index (χ1v) is 10.2. The molecule has 1 aliphatic heterocycles. The fourth-order valence-electron chi connectivity index (χ4n) is 3.82. The molecule has 3 aromatic rings. The van der Waals surface area contributed by atoms with E-state index in [1.165, 1.54) is 12.3 Å². The van der Waals surface area contributed by atoms with Crippen molar-refractivity contribution in [2.45, 2.75) is 32.6 Å². The zero-order valence-electron chi connectivity index (χ0n) is 17.7. The molecule has 1 aromatic carbocycles. The lowest BCUT2D eigenvalue weighted by Crippen LogP contribution is -2.22. The molecule has 1 unspecified atom stereocenters. The van der Waals surface area contributed by atoms with E-state index in [9.17, 15) is 26.7 Å². The summed E-state index contributed by atoms with van der Waals surface area (Å²) in [6, 6.07) is 4.55. The van der Waals surface area contributed by atoms with Gasteiger partial charge in [0, 0.05) is 41.2 Å². The summed E-state index contributed by atoms with van der Waals surface area (Å²) >= 11 is 0. The Morgan fingerprint density at radius 3 is 2.48 bits per heavy atom. The molecule has 0 aliphatic carbocycles. The predicted octanol–water partition coefficient (Wildman–Crippen LogP) is 5.59. The molecular formula is C23H19F5N4O. The number of nitrogens with one attached hydrogen (secondary N) is 1. The van der Waals surface area contributed by atoms with Gasteiger partial charge in [-0.05, 0) is 49.7 Å². The van der Waals surface area contributed by atoms with Crippen LogP contribution in [0.15, 0.2) is 42.7 Å². The summed E-state index contributed by atoms with van der Waals surface area (Å²) in [7, 11) is 0. The first kappa shape index (κ1) is 22.6. The molecule has 0 bridgehead atoms. The van der Waals surface area contributed by atoms with Crippen LogP contribution >= 0.6 is 0 Å². The van der Waals surface area contributed by atoms with Crippen LogP contribution in [0.25, 0.3) is 11.1 Å². The number of alkyl halides is 3. The van der Waals surface area contributed by atoms with Crippen LogP contribution in [0, 0.1) is 11.6 Å². The van der Waals surface area contributed by atoms with Crippen molar-refractivity contribution in [3.63, 3.8) is 0 Å². The number of anilines is 1. The van der Waals surface area contributed by atoms with Crippen LogP contribution in [0.1, 0.15) is 47.1 Å². The third-order valence-electron chi connectivity index (χ3n) is 5.57. The highest BCUT2D eigenvalue weighted by Gasteiger charge is 2.33. The largest absolute Gasteiger partial charge is 0.433 e. The molecular weight excluding hydrogens is 443 g/mol. The second-order valence-corrected chi connectivity index (χ2v) is 7.65. The zero-order valence-corrected chi connectivity index (χ0v) is 17.7. The van der Waals surface area contributed by atoms with Crippen molar-refractivity contribution in [1.82, 2.24) is 14.9 Å². The van der Waals surface area contributed by atoms with E-state index in [2.05, 4.69) is 15.3 Å². The summed E-state index contributed by atoms with van der Waals surface area (Å²) in [6.45, 7) is 4.33. The zero-order chi connectivity index (χ0) is 23.9. The Morgan fingerprint density at radius 2 is 1.79 bits per heavy atom. The van der Waals surface area contributed by atoms with Crippen LogP contribution in [0.3, 0.4) is 0 Å². The third kappa shape index (κ3) is 4.24. The summed E-state index contributed by atoms with van der Waals surface area (Å²) in [5.41, 5.74) is -0.497. The molecule has 0 spiro atoms. The SMILES string of the molecule is CCN1Cc2c(ccnc2NC(C)c2cc(F)c(-c3ccnc(C(F)(F)F)c3)cc2F)C1=O. The van der Waals surface area contributed by atoms with Gasteiger partial charge in [0.05, 0.1) is 12.6 Å². The maximum atomic E-state index is 14.9. The lowest BCUT2D eigenvalue weighted by Gasteiger charge is -2.19. The van der Waals surface area contributed by atoms with Gasteiger partial charge >= 0.3 is 6.18 Å². The van der Waals surface area contributed by atoms with Gasteiger partial charge in [-0.2, -0.15) is 13.2 Å². The molecule has 1 amide bonds. The maximum absolute atomic E-state index is 14.9. The first-order chi connectivity index (χ1) is 15.6. The minimum atomic E-state index is -4.71. The lowest BCUT2D eigenvalue weighted by molar-refractivity contribution is -0.141. The van der Waals surface area contributed by atoms with Crippen LogP contribution < -0.4 is 5.32 Å². The molecule has 10 heteroatoms. The van der Waals surface area contributed by atoms with Gasteiger partial charge in [0.15, 0.2) is 0 Å². The Bertz CT molecular complexity index is 1230. The average Bonchev–Trinajstić information content (AvgIpc) is 3.11. The second kappa shape index (κ2) is 8.42. The van der Waals surface area contributed by atoms with Crippen molar-refractivity contribution >= 4 is 11.7 Å². The number of carbonyl (C=O) groups excluding carboxylic acids is 1. The van der Waals surface area contributed by atoms with Gasteiger partial charge in [-0.25, -0.2) is 13.8 Å². The van der Waals surface area contributed by atoms with E-state index >= 15 is 0 Å². The Labute approximate surface area is 186 Å². The molecule has 1 aliphatic rings. The van der Waals surface area contributed by atoms with Crippen molar-refractivity contribution in [3.05, 3.63) is 76.7 Å². The van der Waals surface area contributed by atoms with Crippen molar-refractivity contribution in [2.24, 2.45) is 0 Å². The minimum absolute atomic E-state index is 0.0302. The molecule has 0 saturated carbocycles. The van der Waals surface area contributed by atoms with Crippen molar-refractivity contribution < 1.29 is 26.7 Å². The summed E-state index contributed by atoms with van der Waals surface area (Å²) in [5.74, 6) is -1.41. The highest BCUT2D eigenvalue weighted by atomic mass is 19.4. The van der Waals surface area contributed by atoms with Crippen molar-refractivity contribution in [3.8, 4) is 11.1 Å². The topological polar surface area (TPSA) is 58.1 Å². The molecule has 3 heterocycles. The molecule has 33 heavy (non-hydrogen) atoms. The molecule has 1 N–H and O–H groups in total. The van der Waals surface area contributed by atoms with Crippen LogP contribution in [0.5, 0.6) is 0 Å². The number of rotatable bonds is 5. The molecule has 0 fully saturated rings. The predicted molar refractivity (Wildman–Crippen MR) is 111 cm³/mol. The normalized spacial score (nSPS) is 14.4. The van der Waals surface area contributed by atoms with Gasteiger partial charge in [-0.3, -0.25) is 9.78 Å². The van der Waals surface area contributed by atoms with Gasteiger partial charge in [0.1, 0.15) is 23.1 Å². The molecule has 4 rings (SSSR count). The van der Waals surface area contributed by atoms with Crippen LogP contribution in [-0.2, 0) is 12.7 Å². The van der Waals surface area contributed by atoms with Crippen molar-refractivity contribution in [2.75, 3.05) is 11.9 Å². The fourth-order valence-corrected chi connectivity index (χ4v) is 3.82. The number of amides is 1. The number of nitrogens with zero attached hydrogens (tertiary/aromatic N) is 3. The molecule has 172 valence electrons. The van der Waals surface area contributed by atoms with E-state index in [1.54, 1.807) is 17.9 Å². The van der Waals surface area contributed by atoms with E-state index in [0.717, 1.165) is 18.3 Å². The Balaban J connectivity index is 1.64. The van der Waals surface area contributed by atoms with E-state index in [4.69, 9.17) is 0 Å². The molecule has 0 radical (unpaired) electrons. The average molecular weight is 462 g/mol. The van der Waals surface area contributed by atoms with E-state index in [0.29, 0.717) is 36.1 Å². The van der Waals surface area contributed by atoms with Gasteiger partial charge in [0.2, 0.25) is 0 Å². The standard InChI is InChI=1S/C23H19F5N4O/c1-3-32-11-17-14(22(32)33)5-7-30-21(17)31-12(2)15-9-19(25)16(10-18(15)24)13-4-6-29-20(8-13)23(26,27)28/h4-10,12H,3,11H2,1-2H3,(H,30,31). The molecule has 0 saturated heterocycles. The van der Waals surface area contributed by atoms with Gasteiger partial charge in [0.25, 0.3) is 5.91 Å². The smallest absolute Gasteiger partial charge is 0.363 e. The summed E-state index contributed by atoms with van der Waals surface area (Å²) < 4.78 is 68.6. The number of hydrogen-bond acceptors (Lipinski definition) is 4. The third-order valence-corrected chi connectivity index (χ3v) is 5.57. The number of aromatic nitrogens is 2.